The number of aliphatic hydroxyl groups excluding tert-OH is 2. The van der Waals surface area contributed by atoms with Gasteiger partial charge in [-0.3, -0.25) is 19.0 Å². The van der Waals surface area contributed by atoms with Gasteiger partial charge in [-0.1, -0.05) is 11.6 Å². The highest BCUT2D eigenvalue weighted by Gasteiger charge is 2.47. The van der Waals surface area contributed by atoms with E-state index in [-0.39, 0.29) is 11.5 Å². The first-order valence-corrected chi connectivity index (χ1v) is 10.8. The average molecular weight is 503 g/mol. The number of aromatic nitrogens is 7. The van der Waals surface area contributed by atoms with Gasteiger partial charge in [-0.2, -0.15) is 5.10 Å². The molecule has 1 aliphatic rings. The van der Waals surface area contributed by atoms with Crippen molar-refractivity contribution in [3.63, 3.8) is 0 Å². The first kappa shape index (κ1) is 19.6. The smallest absolute Gasteiger partial charge is 0.251 e. The van der Waals surface area contributed by atoms with E-state index >= 15 is 0 Å². The van der Waals surface area contributed by atoms with Crippen LogP contribution in [0.4, 0.5) is 5.82 Å². The molecular weight excluding hydrogens is 478 g/mol. The minimum Gasteiger partial charge on any atom is -0.387 e. The molecule has 0 aliphatic carbocycles. The van der Waals surface area contributed by atoms with Crippen LogP contribution in [0.2, 0.25) is 5.02 Å². The van der Waals surface area contributed by atoms with Gasteiger partial charge in [0.15, 0.2) is 35.1 Å². The Morgan fingerprint density at radius 3 is 2.89 bits per heavy atom. The van der Waals surface area contributed by atoms with E-state index in [0.717, 1.165) is 5.56 Å². The minimum atomic E-state index is -2.80. The van der Waals surface area contributed by atoms with Crippen LogP contribution in [0.15, 0.2) is 37.2 Å². The quantitative estimate of drug-likeness (QED) is 0.287. The van der Waals surface area contributed by atoms with Gasteiger partial charge in [0.2, 0.25) is 0 Å². The molecule has 1 fully saturated rings. The second kappa shape index (κ2) is 9.19. The summed E-state index contributed by atoms with van der Waals surface area (Å²) < 4.78 is 30.3. The van der Waals surface area contributed by atoms with E-state index in [4.69, 9.17) is 20.5 Å². The second-order valence-electron chi connectivity index (χ2n) is 7.91. The Balaban J connectivity index is 1.54. The third-order valence-corrected chi connectivity index (χ3v) is 5.70. The summed E-state index contributed by atoms with van der Waals surface area (Å²) in [7, 11) is 1.80. The molecule has 1 saturated heterocycles. The molecule has 5 heterocycles. The molecule has 0 spiro atoms. The number of hydrogen-bond acceptors (Lipinski definition) is 10. The fourth-order valence-corrected chi connectivity index (χ4v) is 3.99. The Kier molecular flexibility index (Phi) is 5.15. The van der Waals surface area contributed by atoms with Crippen molar-refractivity contribution in [2.45, 2.75) is 31.1 Å². The van der Waals surface area contributed by atoms with E-state index in [0.29, 0.717) is 28.5 Å². The number of nitrogens with one attached hydrogen (secondary N) is 2. The molecule has 5 rings (SSSR count). The van der Waals surface area contributed by atoms with Crippen LogP contribution in [-0.2, 0) is 23.1 Å². The highest BCUT2D eigenvalue weighted by molar-refractivity contribution is 6.30. The topological polar surface area (TPSA) is 165 Å². The number of imidazole rings is 1. The molecule has 35 heavy (non-hydrogen) atoms. The molecule has 0 aromatic carbocycles. The van der Waals surface area contributed by atoms with Gasteiger partial charge in [0.25, 0.3) is 5.91 Å². The normalized spacial score (nSPS) is 23.6. The van der Waals surface area contributed by atoms with Crippen LogP contribution in [0.25, 0.3) is 22.6 Å². The highest BCUT2D eigenvalue weighted by atomic mass is 35.5. The fraction of sp³-hybridized carbons (Fsp3) is 0.333. The molecule has 0 bridgehead atoms. The number of halogens is 1. The van der Waals surface area contributed by atoms with Crippen LogP contribution in [0.5, 0.6) is 0 Å². The summed E-state index contributed by atoms with van der Waals surface area (Å²) in [6.07, 6.45) is 1.57. The summed E-state index contributed by atoms with van der Waals surface area (Å²) in [5.74, 6) is -0.521. The number of anilines is 1. The van der Waals surface area contributed by atoms with Gasteiger partial charge in [-0.05, 0) is 6.07 Å². The van der Waals surface area contributed by atoms with Crippen molar-refractivity contribution in [3.05, 3.63) is 47.8 Å². The van der Waals surface area contributed by atoms with Crippen molar-refractivity contribution < 1.29 is 23.9 Å². The van der Waals surface area contributed by atoms with Crippen molar-refractivity contribution in [2.75, 3.05) is 12.3 Å². The average Bonchev–Trinajstić information content (AvgIpc) is 3.54. The zero-order valence-corrected chi connectivity index (χ0v) is 19.0. The van der Waals surface area contributed by atoms with Gasteiger partial charge in [0, 0.05) is 54.4 Å². The monoisotopic (exact) mass is 502 g/mol. The van der Waals surface area contributed by atoms with Crippen LogP contribution in [-0.4, -0.2) is 75.7 Å². The number of rotatable bonds is 6. The molecule has 13 nitrogen and oxygen atoms in total. The van der Waals surface area contributed by atoms with E-state index in [9.17, 15) is 15.0 Å². The van der Waals surface area contributed by atoms with Crippen molar-refractivity contribution in [1.82, 2.24) is 39.6 Å². The second-order valence-corrected chi connectivity index (χ2v) is 8.34. The number of amides is 1. The number of aryl methyl sites for hydroxylation is 1. The van der Waals surface area contributed by atoms with Crippen LogP contribution in [0, 0.1) is 0 Å². The predicted molar refractivity (Wildman–Crippen MR) is 124 cm³/mol. The molecule has 0 unspecified atom stereocenters. The highest BCUT2D eigenvalue weighted by Crippen LogP contribution is 2.33. The summed E-state index contributed by atoms with van der Waals surface area (Å²) in [4.78, 5) is 30.0. The minimum absolute atomic E-state index is 0.205. The van der Waals surface area contributed by atoms with Gasteiger partial charge in [-0.25, -0.2) is 15.0 Å². The van der Waals surface area contributed by atoms with Crippen LogP contribution in [0.3, 0.4) is 0 Å². The predicted octanol–water partition coefficient (Wildman–Crippen LogP) is 0.252. The van der Waals surface area contributed by atoms with E-state index < -0.39 is 37.4 Å². The molecule has 1 amide bonds. The number of carbonyl (C=O) groups excluding carboxylic acids is 1. The molecule has 4 N–H and O–H groups in total. The number of likely N-dealkylation sites (N-methyl/N-ethyl adjacent to an activating group) is 1. The molecule has 4 aromatic rings. The lowest BCUT2D eigenvalue weighted by Gasteiger charge is -2.17. The Morgan fingerprint density at radius 2 is 2.14 bits per heavy atom. The lowest BCUT2D eigenvalue weighted by Crippen LogP contribution is -2.41. The van der Waals surface area contributed by atoms with Gasteiger partial charge < -0.3 is 25.6 Å². The molecule has 14 heteroatoms. The van der Waals surface area contributed by atoms with Crippen molar-refractivity contribution in [2.24, 2.45) is 7.05 Å². The number of nitrogens with zero attached hydrogens (tertiary/aromatic N) is 7. The largest absolute Gasteiger partial charge is 0.387 e. The van der Waals surface area contributed by atoms with E-state index in [2.05, 4.69) is 30.4 Å². The molecule has 4 aromatic heterocycles. The summed E-state index contributed by atoms with van der Waals surface area (Å²) in [6.45, 7) is -2.44. The Labute approximate surface area is 208 Å². The number of carbonyl (C=O) groups is 1. The number of ether oxygens (including phenoxy) is 1. The van der Waals surface area contributed by atoms with Crippen LogP contribution < -0.4 is 10.6 Å². The lowest BCUT2D eigenvalue weighted by atomic mass is 10.1. The molecule has 0 saturated carbocycles. The van der Waals surface area contributed by atoms with E-state index in [1.165, 1.54) is 23.3 Å². The number of fused-ring (bicyclic) bond motifs is 1. The maximum atomic E-state index is 12.4. The van der Waals surface area contributed by atoms with Crippen LogP contribution in [0.1, 0.15) is 15.9 Å². The first-order valence-electron chi connectivity index (χ1n) is 11.9. The Morgan fingerprint density at radius 1 is 1.29 bits per heavy atom. The number of pyridine rings is 1. The molecule has 182 valence electrons. The van der Waals surface area contributed by atoms with Gasteiger partial charge >= 0.3 is 0 Å². The lowest BCUT2D eigenvalue weighted by molar-refractivity contribution is -0.137. The van der Waals surface area contributed by atoms with Crippen molar-refractivity contribution >= 4 is 34.5 Å². The van der Waals surface area contributed by atoms with E-state index in [1.807, 2.05) is 6.20 Å². The zero-order valence-electron chi connectivity index (χ0n) is 21.2. The van der Waals surface area contributed by atoms with E-state index in [1.54, 1.807) is 29.3 Å². The summed E-state index contributed by atoms with van der Waals surface area (Å²) in [6, 6.07) is 1.63. The Bertz CT molecular complexity index is 1490. The molecule has 1 aliphatic heterocycles. The Hall–Kier alpha value is -3.65. The summed E-state index contributed by atoms with van der Waals surface area (Å²) in [5, 5.41) is 30.7. The fourth-order valence-electron chi connectivity index (χ4n) is 3.82. The number of hydrogen-bond donors (Lipinski definition) is 4. The standard InChI is InChI=1S/C21H22ClN9O4/c1-23-20(34)16-14(32)15(33)21(35-16)31-9-26-13-18(25-4-10-5-27-30(2)8-10)28-17(29-19(13)31)11-3-12(22)7-24-6-11/h3,5-9,14-16,21,32-33H,4H2,1-2H3,(H,23,34)(H,25,28,29)/t14-,15+,16-,21+/m0/s1/i1D3. The number of aliphatic hydroxyl groups is 2. The SMILES string of the molecule is [2H]C([2H])([2H])NC(=O)[C@H]1O[C@@H](n2cnc3c(NCc4cnn(C)c4)nc(-c4cncc(Cl)c4)nc32)[C@H](O)[C@@H]1O. The van der Waals surface area contributed by atoms with Crippen molar-refractivity contribution in [3.8, 4) is 11.4 Å². The summed E-state index contributed by atoms with van der Waals surface area (Å²) in [5.41, 5.74) is 1.90. The maximum Gasteiger partial charge on any atom is 0.251 e. The third-order valence-electron chi connectivity index (χ3n) is 5.50. The first-order chi connectivity index (χ1) is 18.0. The van der Waals surface area contributed by atoms with Gasteiger partial charge in [0.1, 0.15) is 12.2 Å². The van der Waals surface area contributed by atoms with Gasteiger partial charge in [0.05, 0.1) is 17.5 Å². The van der Waals surface area contributed by atoms with Crippen molar-refractivity contribution in [1.29, 1.82) is 0 Å². The zero-order chi connectivity index (χ0) is 27.2. The molecular formula is C21H22ClN9O4. The van der Waals surface area contributed by atoms with Gasteiger partial charge in [-0.15, -0.1) is 0 Å². The summed E-state index contributed by atoms with van der Waals surface area (Å²) >= 11 is 6.12. The van der Waals surface area contributed by atoms with Crippen LogP contribution >= 0.6 is 11.6 Å². The molecule has 4 atom stereocenters. The maximum absolute atomic E-state index is 12.4. The third kappa shape index (κ3) is 4.30. The molecule has 0 radical (unpaired) electrons.